The van der Waals surface area contributed by atoms with Crippen molar-refractivity contribution in [2.24, 2.45) is 5.92 Å². The molecule has 0 aromatic carbocycles. The van der Waals surface area contributed by atoms with Gasteiger partial charge in [-0.3, -0.25) is 0 Å². The molecule has 0 amide bonds. The molecule has 0 bridgehead atoms. The average molecular weight is 240 g/mol. The highest BCUT2D eigenvalue weighted by Crippen LogP contribution is 2.33. The summed E-state index contributed by atoms with van der Waals surface area (Å²) in [4.78, 5) is 2.63. The van der Waals surface area contributed by atoms with Crippen molar-refractivity contribution >= 4 is 0 Å². The predicted molar refractivity (Wildman–Crippen MR) is 71.3 cm³/mol. The summed E-state index contributed by atoms with van der Waals surface area (Å²) in [6.45, 7) is 9.98. The average Bonchev–Trinajstić information content (AvgIpc) is 3.15. The standard InChI is InChI=1S/C14H28N2O/c1-3-15-14(12-5-6-12)11-16-9-7-13(8-10-16)17-4-2/h12-15H,3-11H2,1-2H3. The topological polar surface area (TPSA) is 24.5 Å². The van der Waals surface area contributed by atoms with Gasteiger partial charge in [-0.2, -0.15) is 0 Å². The highest BCUT2D eigenvalue weighted by molar-refractivity contribution is 4.89. The first-order chi connectivity index (χ1) is 8.33. The molecule has 17 heavy (non-hydrogen) atoms. The molecule has 3 nitrogen and oxygen atoms in total. The number of likely N-dealkylation sites (N-methyl/N-ethyl adjacent to an activating group) is 1. The minimum Gasteiger partial charge on any atom is -0.378 e. The molecular formula is C14H28N2O. The number of hydrogen-bond donors (Lipinski definition) is 1. The fourth-order valence-electron chi connectivity index (χ4n) is 2.91. The summed E-state index contributed by atoms with van der Waals surface area (Å²) in [5.74, 6) is 0.958. The van der Waals surface area contributed by atoms with Crippen molar-refractivity contribution in [2.75, 3.05) is 32.8 Å². The maximum absolute atomic E-state index is 5.70. The molecule has 0 aromatic rings. The first kappa shape index (κ1) is 13.3. The van der Waals surface area contributed by atoms with E-state index in [9.17, 15) is 0 Å². The van der Waals surface area contributed by atoms with Crippen molar-refractivity contribution in [2.45, 2.75) is 51.7 Å². The minimum absolute atomic E-state index is 0.523. The van der Waals surface area contributed by atoms with E-state index in [0.29, 0.717) is 6.10 Å². The molecule has 1 atom stereocenters. The van der Waals surface area contributed by atoms with Gasteiger partial charge < -0.3 is 15.0 Å². The lowest BCUT2D eigenvalue weighted by Gasteiger charge is -2.34. The van der Waals surface area contributed by atoms with Crippen LogP contribution in [0, 0.1) is 5.92 Å². The van der Waals surface area contributed by atoms with Crippen LogP contribution in [-0.2, 0) is 4.74 Å². The molecule has 1 aliphatic heterocycles. The maximum Gasteiger partial charge on any atom is 0.0599 e. The van der Waals surface area contributed by atoms with Crippen molar-refractivity contribution in [3.05, 3.63) is 0 Å². The lowest BCUT2D eigenvalue weighted by molar-refractivity contribution is 0.0119. The molecule has 1 N–H and O–H groups in total. The lowest BCUT2D eigenvalue weighted by atomic mass is 10.1. The van der Waals surface area contributed by atoms with Crippen LogP contribution in [-0.4, -0.2) is 49.8 Å². The zero-order valence-corrected chi connectivity index (χ0v) is 11.5. The molecule has 0 aromatic heterocycles. The van der Waals surface area contributed by atoms with Crippen LogP contribution >= 0.6 is 0 Å². The number of likely N-dealkylation sites (tertiary alicyclic amines) is 1. The van der Waals surface area contributed by atoms with E-state index in [2.05, 4.69) is 24.1 Å². The largest absolute Gasteiger partial charge is 0.378 e. The summed E-state index contributed by atoms with van der Waals surface area (Å²) in [7, 11) is 0. The number of hydrogen-bond acceptors (Lipinski definition) is 3. The number of nitrogens with one attached hydrogen (secondary N) is 1. The second kappa shape index (κ2) is 6.72. The van der Waals surface area contributed by atoms with Gasteiger partial charge in [0, 0.05) is 32.3 Å². The van der Waals surface area contributed by atoms with Gasteiger partial charge in [0.15, 0.2) is 0 Å². The highest BCUT2D eigenvalue weighted by Gasteiger charge is 2.32. The van der Waals surface area contributed by atoms with Gasteiger partial charge in [-0.1, -0.05) is 6.92 Å². The summed E-state index contributed by atoms with van der Waals surface area (Å²) < 4.78 is 5.70. The highest BCUT2D eigenvalue weighted by atomic mass is 16.5. The van der Waals surface area contributed by atoms with E-state index in [1.165, 1.54) is 45.3 Å². The minimum atomic E-state index is 0.523. The Morgan fingerprint density at radius 1 is 1.18 bits per heavy atom. The molecule has 0 radical (unpaired) electrons. The van der Waals surface area contributed by atoms with Gasteiger partial charge >= 0.3 is 0 Å². The van der Waals surface area contributed by atoms with Crippen LogP contribution < -0.4 is 5.32 Å². The zero-order chi connectivity index (χ0) is 12.1. The summed E-state index contributed by atoms with van der Waals surface area (Å²) in [6.07, 6.45) is 5.84. The van der Waals surface area contributed by atoms with Crippen LogP contribution in [0.3, 0.4) is 0 Å². The normalized spacial score (nSPS) is 25.1. The van der Waals surface area contributed by atoms with Gasteiger partial charge in [-0.15, -0.1) is 0 Å². The third kappa shape index (κ3) is 4.23. The van der Waals surface area contributed by atoms with Crippen molar-refractivity contribution in [1.82, 2.24) is 10.2 Å². The summed E-state index contributed by atoms with van der Waals surface area (Å²) in [6, 6.07) is 0.739. The fourth-order valence-corrected chi connectivity index (χ4v) is 2.91. The molecule has 2 aliphatic rings. The van der Waals surface area contributed by atoms with Gasteiger partial charge in [0.2, 0.25) is 0 Å². The van der Waals surface area contributed by atoms with Gasteiger partial charge in [0.25, 0.3) is 0 Å². The summed E-state index contributed by atoms with van der Waals surface area (Å²) in [5, 5.41) is 3.66. The predicted octanol–water partition coefficient (Wildman–Crippen LogP) is 1.88. The number of rotatable bonds is 7. The second-order valence-corrected chi connectivity index (χ2v) is 5.46. The Morgan fingerprint density at radius 3 is 2.41 bits per heavy atom. The van der Waals surface area contributed by atoms with Gasteiger partial charge in [-0.05, 0) is 45.1 Å². The Hall–Kier alpha value is -0.120. The number of piperidine rings is 1. The summed E-state index contributed by atoms with van der Waals surface area (Å²) >= 11 is 0. The Morgan fingerprint density at radius 2 is 1.88 bits per heavy atom. The number of nitrogens with zero attached hydrogens (tertiary/aromatic N) is 1. The van der Waals surface area contributed by atoms with Gasteiger partial charge in [-0.25, -0.2) is 0 Å². The molecule has 0 spiro atoms. The molecular weight excluding hydrogens is 212 g/mol. The Labute approximate surface area is 106 Å². The van der Waals surface area contributed by atoms with Crippen molar-refractivity contribution < 1.29 is 4.74 Å². The third-order valence-corrected chi connectivity index (χ3v) is 4.05. The number of ether oxygens (including phenoxy) is 1. The van der Waals surface area contributed by atoms with E-state index >= 15 is 0 Å². The molecule has 100 valence electrons. The van der Waals surface area contributed by atoms with Crippen LogP contribution in [0.4, 0.5) is 0 Å². The molecule has 1 aliphatic carbocycles. The van der Waals surface area contributed by atoms with Gasteiger partial charge in [0.05, 0.1) is 6.10 Å². The molecule has 1 saturated heterocycles. The molecule has 2 fully saturated rings. The van der Waals surface area contributed by atoms with Crippen LogP contribution in [0.5, 0.6) is 0 Å². The molecule has 2 rings (SSSR count). The van der Waals surface area contributed by atoms with E-state index in [0.717, 1.165) is 25.1 Å². The summed E-state index contributed by atoms with van der Waals surface area (Å²) in [5.41, 5.74) is 0. The van der Waals surface area contributed by atoms with Crippen LogP contribution in [0.25, 0.3) is 0 Å². The van der Waals surface area contributed by atoms with E-state index in [4.69, 9.17) is 4.74 Å². The van der Waals surface area contributed by atoms with Crippen LogP contribution in [0.15, 0.2) is 0 Å². The molecule has 1 unspecified atom stereocenters. The molecule has 1 heterocycles. The maximum atomic E-state index is 5.70. The zero-order valence-electron chi connectivity index (χ0n) is 11.5. The van der Waals surface area contributed by atoms with E-state index in [1.54, 1.807) is 0 Å². The van der Waals surface area contributed by atoms with Crippen molar-refractivity contribution in [3.8, 4) is 0 Å². The SMILES string of the molecule is CCNC(CN1CCC(OCC)CC1)C1CC1. The molecule has 1 saturated carbocycles. The van der Waals surface area contributed by atoms with E-state index in [1.807, 2.05) is 0 Å². The quantitative estimate of drug-likeness (QED) is 0.735. The Bertz CT molecular complexity index is 210. The van der Waals surface area contributed by atoms with Crippen LogP contribution in [0.1, 0.15) is 39.5 Å². The molecule has 3 heteroatoms. The smallest absolute Gasteiger partial charge is 0.0599 e. The third-order valence-electron chi connectivity index (χ3n) is 4.05. The van der Waals surface area contributed by atoms with Gasteiger partial charge in [0.1, 0.15) is 0 Å². The Balaban J connectivity index is 1.68. The monoisotopic (exact) mass is 240 g/mol. The lowest BCUT2D eigenvalue weighted by Crippen LogP contribution is -2.46. The van der Waals surface area contributed by atoms with E-state index in [-0.39, 0.29) is 0 Å². The first-order valence-electron chi connectivity index (χ1n) is 7.40. The Kier molecular flexibility index (Phi) is 5.26. The van der Waals surface area contributed by atoms with E-state index < -0.39 is 0 Å². The first-order valence-corrected chi connectivity index (χ1v) is 7.40. The van der Waals surface area contributed by atoms with Crippen LogP contribution in [0.2, 0.25) is 0 Å². The van der Waals surface area contributed by atoms with Crippen molar-refractivity contribution in [1.29, 1.82) is 0 Å². The fraction of sp³-hybridized carbons (Fsp3) is 1.00. The van der Waals surface area contributed by atoms with Crippen molar-refractivity contribution in [3.63, 3.8) is 0 Å². The second-order valence-electron chi connectivity index (χ2n) is 5.46.